The summed E-state index contributed by atoms with van der Waals surface area (Å²) < 4.78 is 16.8. The molecule has 6 heteroatoms. The van der Waals surface area contributed by atoms with Crippen LogP contribution in [-0.2, 0) is 28.6 Å². The summed E-state index contributed by atoms with van der Waals surface area (Å²) in [4.78, 5) is 38.1. The standard InChI is InChI=1S/C63H104O6/c1-4-7-10-13-16-19-22-25-28-30-31-33-35-38-41-44-47-50-53-56-62(65)68-59-60(58-67-61(64)55-52-49-46-43-40-37-34-27-24-21-18-15-12-9-6-3)69-63(66)57-54-51-48-45-42-39-36-32-29-26-23-20-17-14-11-8-5-2/h7,10,16-17,19-20,25-29,31,33-34,38,41,47,50,60H,4-6,8-9,11-15,18,21-24,30,32,35-37,39-40,42-46,48-49,51-59H2,1-3H3/b10-7-,19-16-,20-17-,28-25-,29-26-,33-31-,34-27-,41-38-,50-47-/t60-/m1/s1. The van der Waals surface area contributed by atoms with Gasteiger partial charge in [0, 0.05) is 19.3 Å². The Hall–Kier alpha value is -3.93. The lowest BCUT2D eigenvalue weighted by Crippen LogP contribution is -2.30. The molecule has 0 fully saturated rings. The number of hydrogen-bond donors (Lipinski definition) is 0. The fourth-order valence-electron chi connectivity index (χ4n) is 7.49. The largest absolute Gasteiger partial charge is 0.462 e. The first kappa shape index (κ1) is 65.1. The molecule has 0 rings (SSSR count). The van der Waals surface area contributed by atoms with Crippen molar-refractivity contribution in [1.29, 1.82) is 0 Å². The molecule has 0 aliphatic heterocycles. The van der Waals surface area contributed by atoms with Crippen molar-refractivity contribution in [2.75, 3.05) is 13.2 Å². The van der Waals surface area contributed by atoms with Gasteiger partial charge in [-0.3, -0.25) is 14.4 Å². The van der Waals surface area contributed by atoms with Gasteiger partial charge in [0.2, 0.25) is 0 Å². The maximum absolute atomic E-state index is 12.9. The molecular formula is C63H104O6. The number of ether oxygens (including phenoxy) is 3. The Morgan fingerprint density at radius 3 is 1.01 bits per heavy atom. The molecule has 0 saturated heterocycles. The zero-order valence-corrected chi connectivity index (χ0v) is 44.8. The molecule has 0 aliphatic carbocycles. The fraction of sp³-hybridized carbons (Fsp3) is 0.667. The van der Waals surface area contributed by atoms with E-state index in [9.17, 15) is 14.4 Å². The number of hydrogen-bond acceptors (Lipinski definition) is 6. The average Bonchev–Trinajstić information content (AvgIpc) is 3.35. The first-order valence-electron chi connectivity index (χ1n) is 28.4. The molecule has 69 heavy (non-hydrogen) atoms. The molecule has 0 spiro atoms. The van der Waals surface area contributed by atoms with Gasteiger partial charge in [-0.15, -0.1) is 0 Å². The van der Waals surface area contributed by atoms with Gasteiger partial charge >= 0.3 is 17.9 Å². The van der Waals surface area contributed by atoms with Crippen LogP contribution >= 0.6 is 0 Å². The van der Waals surface area contributed by atoms with Crippen LogP contribution in [0.1, 0.15) is 252 Å². The van der Waals surface area contributed by atoms with E-state index in [1.165, 1.54) is 103 Å². The van der Waals surface area contributed by atoms with E-state index < -0.39 is 6.10 Å². The third kappa shape index (κ3) is 54.9. The van der Waals surface area contributed by atoms with Crippen LogP contribution in [0.25, 0.3) is 0 Å². The molecule has 0 heterocycles. The van der Waals surface area contributed by atoms with Crippen molar-refractivity contribution in [1.82, 2.24) is 0 Å². The minimum Gasteiger partial charge on any atom is -0.462 e. The molecule has 0 aromatic carbocycles. The normalized spacial score (nSPS) is 12.9. The molecule has 0 N–H and O–H groups in total. The Labute approximate surface area is 425 Å². The third-order valence-electron chi connectivity index (χ3n) is 11.7. The molecule has 0 unspecified atom stereocenters. The number of carbonyl (C=O) groups is 3. The minimum absolute atomic E-state index is 0.110. The summed E-state index contributed by atoms with van der Waals surface area (Å²) in [6.45, 7) is 6.42. The molecule has 1 atom stereocenters. The van der Waals surface area contributed by atoms with Crippen molar-refractivity contribution < 1.29 is 28.6 Å². The van der Waals surface area contributed by atoms with Crippen LogP contribution in [0.3, 0.4) is 0 Å². The van der Waals surface area contributed by atoms with E-state index in [0.29, 0.717) is 19.3 Å². The van der Waals surface area contributed by atoms with Gasteiger partial charge in [-0.1, -0.05) is 226 Å². The van der Waals surface area contributed by atoms with E-state index in [1.54, 1.807) is 0 Å². The SMILES string of the molecule is CC/C=C\C/C=C\C/C=C\C/C=C\C/C=C\C/C=C\CCC(=O)OC[C@@H](COC(=O)CCCCCCC/C=C\CCCCCCCC)OC(=O)CCCCCCCCC/C=C\C/C=C\CCCCC. The van der Waals surface area contributed by atoms with Gasteiger partial charge in [-0.05, 0) is 116 Å². The summed E-state index contributed by atoms with van der Waals surface area (Å²) >= 11 is 0. The van der Waals surface area contributed by atoms with Gasteiger partial charge in [-0.2, -0.15) is 0 Å². The topological polar surface area (TPSA) is 78.9 Å². The quantitative estimate of drug-likeness (QED) is 0.0262. The average molecular weight is 958 g/mol. The van der Waals surface area contributed by atoms with Crippen LogP contribution in [0.2, 0.25) is 0 Å². The van der Waals surface area contributed by atoms with Crippen LogP contribution in [0, 0.1) is 0 Å². The van der Waals surface area contributed by atoms with Crippen LogP contribution in [0.4, 0.5) is 0 Å². The van der Waals surface area contributed by atoms with E-state index >= 15 is 0 Å². The van der Waals surface area contributed by atoms with Gasteiger partial charge in [0.1, 0.15) is 13.2 Å². The second-order valence-corrected chi connectivity index (χ2v) is 18.5. The first-order valence-corrected chi connectivity index (χ1v) is 28.4. The molecule has 0 saturated carbocycles. The van der Waals surface area contributed by atoms with Gasteiger partial charge in [0.05, 0.1) is 0 Å². The molecule has 0 aliphatic rings. The van der Waals surface area contributed by atoms with Crippen LogP contribution in [-0.4, -0.2) is 37.2 Å². The maximum atomic E-state index is 12.9. The Morgan fingerprint density at radius 2 is 0.594 bits per heavy atom. The number of rotatable bonds is 50. The number of esters is 3. The zero-order chi connectivity index (χ0) is 50.0. The van der Waals surface area contributed by atoms with Gasteiger partial charge in [0.25, 0.3) is 0 Å². The van der Waals surface area contributed by atoms with E-state index in [-0.39, 0.29) is 37.5 Å². The lowest BCUT2D eigenvalue weighted by molar-refractivity contribution is -0.166. The lowest BCUT2D eigenvalue weighted by atomic mass is 10.1. The summed E-state index contributed by atoms with van der Waals surface area (Å²) in [5, 5.41) is 0. The highest BCUT2D eigenvalue weighted by Gasteiger charge is 2.19. The second-order valence-electron chi connectivity index (χ2n) is 18.5. The second kappa shape index (κ2) is 56.7. The Morgan fingerprint density at radius 1 is 0.304 bits per heavy atom. The Balaban J connectivity index is 4.53. The summed E-state index contributed by atoms with van der Waals surface area (Å²) in [5.41, 5.74) is 0. The molecule has 6 nitrogen and oxygen atoms in total. The van der Waals surface area contributed by atoms with Gasteiger partial charge in [-0.25, -0.2) is 0 Å². The van der Waals surface area contributed by atoms with Crippen LogP contribution in [0.5, 0.6) is 0 Å². The lowest BCUT2D eigenvalue weighted by Gasteiger charge is -2.18. The van der Waals surface area contributed by atoms with Crippen molar-refractivity contribution in [3.8, 4) is 0 Å². The van der Waals surface area contributed by atoms with Crippen molar-refractivity contribution >= 4 is 17.9 Å². The summed E-state index contributed by atoms with van der Waals surface area (Å²) in [6, 6.07) is 0. The summed E-state index contributed by atoms with van der Waals surface area (Å²) in [7, 11) is 0. The third-order valence-corrected chi connectivity index (χ3v) is 11.7. The van der Waals surface area contributed by atoms with Crippen molar-refractivity contribution in [3.05, 3.63) is 109 Å². The van der Waals surface area contributed by atoms with Crippen LogP contribution < -0.4 is 0 Å². The highest BCUT2D eigenvalue weighted by molar-refractivity contribution is 5.71. The highest BCUT2D eigenvalue weighted by atomic mass is 16.6. The number of allylic oxidation sites excluding steroid dienone is 18. The molecule has 0 aromatic heterocycles. The van der Waals surface area contributed by atoms with Crippen molar-refractivity contribution in [2.45, 2.75) is 258 Å². The molecule has 0 bridgehead atoms. The predicted molar refractivity (Wildman–Crippen MR) is 297 cm³/mol. The molecule has 392 valence electrons. The maximum Gasteiger partial charge on any atom is 0.306 e. The molecule has 0 amide bonds. The molecule has 0 aromatic rings. The zero-order valence-electron chi connectivity index (χ0n) is 44.8. The highest BCUT2D eigenvalue weighted by Crippen LogP contribution is 2.14. The van der Waals surface area contributed by atoms with E-state index in [2.05, 4.69) is 124 Å². The Kier molecular flexibility index (Phi) is 53.4. The summed E-state index contributed by atoms with van der Waals surface area (Å²) in [6.07, 6.45) is 76.5. The monoisotopic (exact) mass is 957 g/mol. The van der Waals surface area contributed by atoms with Crippen molar-refractivity contribution in [2.24, 2.45) is 0 Å². The number of carbonyl (C=O) groups excluding carboxylic acids is 3. The van der Waals surface area contributed by atoms with E-state index in [4.69, 9.17) is 14.2 Å². The summed E-state index contributed by atoms with van der Waals surface area (Å²) in [5.74, 6) is -1.01. The smallest absolute Gasteiger partial charge is 0.306 e. The fourth-order valence-corrected chi connectivity index (χ4v) is 7.49. The predicted octanol–water partition coefficient (Wildman–Crippen LogP) is 19.1. The Bertz CT molecular complexity index is 1420. The van der Waals surface area contributed by atoms with Gasteiger partial charge < -0.3 is 14.2 Å². The molecular weight excluding hydrogens is 853 g/mol. The van der Waals surface area contributed by atoms with Crippen molar-refractivity contribution in [3.63, 3.8) is 0 Å². The number of unbranched alkanes of at least 4 members (excludes halogenated alkanes) is 21. The van der Waals surface area contributed by atoms with E-state index in [1.807, 2.05) is 6.08 Å². The van der Waals surface area contributed by atoms with Gasteiger partial charge in [0.15, 0.2) is 6.10 Å². The van der Waals surface area contributed by atoms with Crippen LogP contribution in [0.15, 0.2) is 109 Å². The first-order chi connectivity index (χ1) is 34.0. The van der Waals surface area contributed by atoms with E-state index in [0.717, 1.165) is 103 Å². The minimum atomic E-state index is -0.818. The molecule has 0 radical (unpaired) electrons.